The molecule has 7 nitrogen and oxygen atoms in total. The molecule has 1 aromatic carbocycles. The Kier molecular flexibility index (Phi) is 5.36. The van der Waals surface area contributed by atoms with Gasteiger partial charge in [-0.2, -0.15) is 0 Å². The van der Waals surface area contributed by atoms with Crippen LogP contribution in [0, 0.1) is 0 Å². The Morgan fingerprint density at radius 2 is 1.88 bits per heavy atom. The third-order valence-electron chi connectivity index (χ3n) is 5.08. The number of aliphatic carboxylic acids is 1. The highest BCUT2D eigenvalue weighted by Gasteiger charge is 2.48. The molecule has 2 aliphatic rings. The number of ether oxygens (including phenoxy) is 2. The van der Waals surface area contributed by atoms with Gasteiger partial charge in [-0.1, -0.05) is 12.1 Å². The molecule has 2 heterocycles. The minimum Gasteiger partial charge on any atom is -0.480 e. The average Bonchev–Trinajstić information content (AvgIpc) is 3.13. The first-order valence-electron chi connectivity index (χ1n) is 8.50. The van der Waals surface area contributed by atoms with Crippen LogP contribution < -0.4 is 0 Å². The predicted octanol–water partition coefficient (Wildman–Crippen LogP) is 0.835. The molecular formula is C18H24N2O5. The van der Waals surface area contributed by atoms with Crippen LogP contribution in [-0.2, 0) is 20.9 Å². The maximum atomic E-state index is 12.6. The summed E-state index contributed by atoms with van der Waals surface area (Å²) in [6.07, 6.45) is 0.497. The molecule has 25 heavy (non-hydrogen) atoms. The van der Waals surface area contributed by atoms with E-state index < -0.39 is 11.5 Å². The number of carbonyl (C=O) groups excluding carboxylic acids is 1. The lowest BCUT2D eigenvalue weighted by Crippen LogP contribution is -2.61. The van der Waals surface area contributed by atoms with E-state index in [2.05, 4.69) is 0 Å². The molecule has 1 atom stereocenters. The number of nitrogens with zero attached hydrogens (tertiary/aromatic N) is 2. The summed E-state index contributed by atoms with van der Waals surface area (Å²) < 4.78 is 10.4. The Hall–Kier alpha value is -1.96. The van der Waals surface area contributed by atoms with E-state index in [9.17, 15) is 14.7 Å². The lowest BCUT2D eigenvalue weighted by molar-refractivity contribution is -0.152. The minimum atomic E-state index is -0.934. The molecule has 2 aliphatic heterocycles. The van der Waals surface area contributed by atoms with Crippen LogP contribution in [-0.4, -0.2) is 78.8 Å². The highest BCUT2D eigenvalue weighted by molar-refractivity contribution is 5.94. The maximum Gasteiger partial charge on any atom is 0.326 e. The Labute approximate surface area is 147 Å². The van der Waals surface area contributed by atoms with Crippen molar-refractivity contribution in [2.24, 2.45) is 0 Å². The Morgan fingerprint density at radius 3 is 2.40 bits per heavy atom. The molecule has 0 aromatic heterocycles. The van der Waals surface area contributed by atoms with Crippen LogP contribution in [0.25, 0.3) is 0 Å². The van der Waals surface area contributed by atoms with Gasteiger partial charge in [0.1, 0.15) is 5.54 Å². The number of hydrogen-bond acceptors (Lipinski definition) is 5. The van der Waals surface area contributed by atoms with Gasteiger partial charge in [-0.3, -0.25) is 14.5 Å². The van der Waals surface area contributed by atoms with Crippen LogP contribution in [0.3, 0.4) is 0 Å². The van der Waals surface area contributed by atoms with Crippen LogP contribution >= 0.6 is 0 Å². The van der Waals surface area contributed by atoms with E-state index in [1.54, 1.807) is 12.0 Å². The molecule has 7 heteroatoms. The smallest absolute Gasteiger partial charge is 0.326 e. The van der Waals surface area contributed by atoms with Gasteiger partial charge >= 0.3 is 5.97 Å². The zero-order valence-corrected chi connectivity index (χ0v) is 14.4. The summed E-state index contributed by atoms with van der Waals surface area (Å²) in [5.74, 6) is -0.853. The molecule has 0 saturated carbocycles. The quantitative estimate of drug-likeness (QED) is 0.849. The Balaban J connectivity index is 1.61. The summed E-state index contributed by atoms with van der Waals surface area (Å²) in [6.45, 7) is 3.34. The topological polar surface area (TPSA) is 79.3 Å². The molecule has 0 bridgehead atoms. The van der Waals surface area contributed by atoms with Crippen molar-refractivity contribution >= 4 is 11.9 Å². The van der Waals surface area contributed by atoms with Gasteiger partial charge in [0, 0.05) is 51.9 Å². The van der Waals surface area contributed by atoms with Gasteiger partial charge in [0.25, 0.3) is 5.91 Å². The number of methoxy groups -OCH3 is 1. The fourth-order valence-corrected chi connectivity index (χ4v) is 3.54. The number of amides is 1. The first kappa shape index (κ1) is 17.8. The molecule has 0 aliphatic carbocycles. The van der Waals surface area contributed by atoms with Crippen LogP contribution in [0.5, 0.6) is 0 Å². The number of carbonyl (C=O) groups is 2. The van der Waals surface area contributed by atoms with Crippen LogP contribution in [0.2, 0.25) is 0 Å². The summed E-state index contributed by atoms with van der Waals surface area (Å²) in [7, 11) is 1.64. The van der Waals surface area contributed by atoms with Gasteiger partial charge in [0.15, 0.2) is 0 Å². The Bertz CT molecular complexity index is 617. The van der Waals surface area contributed by atoms with Gasteiger partial charge in [-0.05, 0) is 17.7 Å². The fourth-order valence-electron chi connectivity index (χ4n) is 3.54. The minimum absolute atomic E-state index is 0.0179. The number of rotatable bonds is 5. The second-order valence-corrected chi connectivity index (χ2v) is 6.55. The Morgan fingerprint density at radius 1 is 1.20 bits per heavy atom. The van der Waals surface area contributed by atoms with Crippen molar-refractivity contribution < 1.29 is 24.2 Å². The van der Waals surface area contributed by atoms with E-state index in [-0.39, 0.29) is 12.5 Å². The first-order valence-corrected chi connectivity index (χ1v) is 8.50. The molecule has 3 rings (SSSR count). The lowest BCUT2D eigenvalue weighted by atomic mass is 9.95. The molecule has 0 radical (unpaired) electrons. The summed E-state index contributed by atoms with van der Waals surface area (Å²) in [5.41, 5.74) is 0.732. The fraction of sp³-hybridized carbons (Fsp3) is 0.556. The molecule has 1 aromatic rings. The first-order chi connectivity index (χ1) is 12.1. The van der Waals surface area contributed by atoms with Crippen LogP contribution in [0.1, 0.15) is 22.3 Å². The third-order valence-corrected chi connectivity index (χ3v) is 5.08. The largest absolute Gasteiger partial charge is 0.480 e. The SMILES string of the molecule is COCc1ccc(C(=O)N2CCN(C3(C(=O)O)CCOC3)CC2)cc1. The monoisotopic (exact) mass is 348 g/mol. The molecule has 1 amide bonds. The lowest BCUT2D eigenvalue weighted by Gasteiger charge is -2.42. The van der Waals surface area contributed by atoms with Crippen molar-refractivity contribution in [3.05, 3.63) is 35.4 Å². The van der Waals surface area contributed by atoms with E-state index in [0.717, 1.165) is 5.56 Å². The standard InChI is InChI=1S/C18H24N2O5/c1-24-12-14-2-4-15(5-3-14)16(21)19-7-9-20(10-8-19)18(17(22)23)6-11-25-13-18/h2-5H,6-13H2,1H3,(H,22,23). The van der Waals surface area contributed by atoms with Crippen molar-refractivity contribution in [1.29, 1.82) is 0 Å². The predicted molar refractivity (Wildman–Crippen MR) is 90.4 cm³/mol. The van der Waals surface area contributed by atoms with Crippen molar-refractivity contribution in [2.45, 2.75) is 18.6 Å². The van der Waals surface area contributed by atoms with Crippen molar-refractivity contribution in [2.75, 3.05) is 46.5 Å². The van der Waals surface area contributed by atoms with E-state index >= 15 is 0 Å². The van der Waals surface area contributed by atoms with Gasteiger partial charge in [-0.15, -0.1) is 0 Å². The van der Waals surface area contributed by atoms with E-state index in [0.29, 0.717) is 51.4 Å². The summed E-state index contributed by atoms with van der Waals surface area (Å²) >= 11 is 0. The van der Waals surface area contributed by atoms with E-state index in [4.69, 9.17) is 9.47 Å². The molecule has 2 saturated heterocycles. The number of hydrogen-bond donors (Lipinski definition) is 1. The number of carboxylic acids is 1. The molecular weight excluding hydrogens is 324 g/mol. The second kappa shape index (κ2) is 7.51. The van der Waals surface area contributed by atoms with Crippen LogP contribution in [0.15, 0.2) is 24.3 Å². The molecule has 0 spiro atoms. The average molecular weight is 348 g/mol. The molecule has 1 N–H and O–H groups in total. The third kappa shape index (κ3) is 3.53. The molecule has 1 unspecified atom stereocenters. The van der Waals surface area contributed by atoms with Gasteiger partial charge in [-0.25, -0.2) is 0 Å². The van der Waals surface area contributed by atoms with Crippen molar-refractivity contribution in [1.82, 2.24) is 9.80 Å². The van der Waals surface area contributed by atoms with Crippen molar-refractivity contribution in [3.63, 3.8) is 0 Å². The zero-order chi connectivity index (χ0) is 17.9. The van der Waals surface area contributed by atoms with Crippen molar-refractivity contribution in [3.8, 4) is 0 Å². The molecule has 2 fully saturated rings. The summed E-state index contributed by atoms with van der Waals surface area (Å²) in [6, 6.07) is 7.41. The summed E-state index contributed by atoms with van der Waals surface area (Å²) in [4.78, 5) is 28.1. The number of benzene rings is 1. The molecule has 136 valence electrons. The highest BCUT2D eigenvalue weighted by atomic mass is 16.5. The normalized spacial score (nSPS) is 24.4. The van der Waals surface area contributed by atoms with E-state index in [1.165, 1.54) is 0 Å². The number of carboxylic acid groups (broad SMARTS) is 1. The maximum absolute atomic E-state index is 12.6. The van der Waals surface area contributed by atoms with Gasteiger partial charge in [0.2, 0.25) is 0 Å². The summed E-state index contributed by atoms with van der Waals surface area (Å²) in [5, 5.41) is 9.63. The van der Waals surface area contributed by atoms with Gasteiger partial charge in [0.05, 0.1) is 13.2 Å². The highest BCUT2D eigenvalue weighted by Crippen LogP contribution is 2.28. The van der Waals surface area contributed by atoms with Gasteiger partial charge < -0.3 is 19.5 Å². The van der Waals surface area contributed by atoms with E-state index in [1.807, 2.05) is 29.2 Å². The zero-order valence-electron chi connectivity index (χ0n) is 14.4. The number of piperazine rings is 1. The second-order valence-electron chi connectivity index (χ2n) is 6.55. The van der Waals surface area contributed by atoms with Crippen LogP contribution in [0.4, 0.5) is 0 Å².